The van der Waals surface area contributed by atoms with Gasteiger partial charge in [0.25, 0.3) is 0 Å². The van der Waals surface area contributed by atoms with Gasteiger partial charge in [-0.05, 0) is 18.6 Å². The molecule has 5 nitrogen and oxygen atoms in total. The SMILES string of the molecule is COc1ccc(C(CN)N2CCOC(C)C2)c(Cl)c1OC. The topological polar surface area (TPSA) is 57.0 Å². The molecule has 0 aromatic heterocycles. The summed E-state index contributed by atoms with van der Waals surface area (Å²) in [7, 11) is 3.18. The van der Waals surface area contributed by atoms with E-state index in [2.05, 4.69) is 11.8 Å². The van der Waals surface area contributed by atoms with E-state index >= 15 is 0 Å². The molecule has 2 N–H and O–H groups in total. The van der Waals surface area contributed by atoms with Gasteiger partial charge in [-0.2, -0.15) is 0 Å². The van der Waals surface area contributed by atoms with Gasteiger partial charge < -0.3 is 19.9 Å². The van der Waals surface area contributed by atoms with Crippen molar-refractivity contribution in [2.24, 2.45) is 5.73 Å². The summed E-state index contributed by atoms with van der Waals surface area (Å²) in [6, 6.07) is 3.87. The number of methoxy groups -OCH3 is 2. The Morgan fingerprint density at radius 3 is 2.76 bits per heavy atom. The second-order valence-corrected chi connectivity index (χ2v) is 5.51. The lowest BCUT2D eigenvalue weighted by molar-refractivity contribution is -0.0333. The Bertz CT molecular complexity index is 484. The molecule has 0 aliphatic carbocycles. The Balaban J connectivity index is 2.33. The Morgan fingerprint density at radius 2 is 2.19 bits per heavy atom. The molecule has 1 aromatic carbocycles. The highest BCUT2D eigenvalue weighted by atomic mass is 35.5. The summed E-state index contributed by atoms with van der Waals surface area (Å²) in [5, 5.41) is 0.562. The van der Waals surface area contributed by atoms with Crippen molar-refractivity contribution in [1.29, 1.82) is 0 Å². The van der Waals surface area contributed by atoms with Crippen molar-refractivity contribution in [1.82, 2.24) is 4.90 Å². The maximum Gasteiger partial charge on any atom is 0.179 e. The Hall–Kier alpha value is -1.01. The van der Waals surface area contributed by atoms with Crippen LogP contribution in [0.15, 0.2) is 12.1 Å². The standard InChI is InChI=1S/C15H23ClN2O3/c1-10-9-18(6-7-21-10)12(8-17)11-4-5-13(19-2)15(20-3)14(11)16/h4-5,10,12H,6-9,17H2,1-3H3. The van der Waals surface area contributed by atoms with Gasteiger partial charge in [0.15, 0.2) is 11.5 Å². The highest BCUT2D eigenvalue weighted by Crippen LogP contribution is 2.40. The number of benzene rings is 1. The molecule has 1 aliphatic heterocycles. The summed E-state index contributed by atoms with van der Waals surface area (Å²) < 4.78 is 16.2. The Morgan fingerprint density at radius 1 is 1.43 bits per heavy atom. The maximum atomic E-state index is 6.50. The normalized spacial score (nSPS) is 21.1. The fraction of sp³-hybridized carbons (Fsp3) is 0.600. The van der Waals surface area contributed by atoms with E-state index in [-0.39, 0.29) is 12.1 Å². The summed E-state index contributed by atoms with van der Waals surface area (Å²) in [4.78, 5) is 2.31. The average Bonchev–Trinajstić information content (AvgIpc) is 2.49. The highest BCUT2D eigenvalue weighted by molar-refractivity contribution is 6.33. The van der Waals surface area contributed by atoms with Crippen molar-refractivity contribution < 1.29 is 14.2 Å². The number of nitrogens with two attached hydrogens (primary N) is 1. The van der Waals surface area contributed by atoms with E-state index in [9.17, 15) is 0 Å². The van der Waals surface area contributed by atoms with Crippen LogP contribution in [0.25, 0.3) is 0 Å². The largest absolute Gasteiger partial charge is 0.493 e. The number of ether oxygens (including phenoxy) is 3. The number of halogens is 1. The molecule has 1 saturated heterocycles. The Labute approximate surface area is 130 Å². The average molecular weight is 315 g/mol. The molecule has 0 spiro atoms. The van der Waals surface area contributed by atoms with E-state index in [0.29, 0.717) is 29.7 Å². The fourth-order valence-corrected chi connectivity index (χ4v) is 3.12. The zero-order valence-electron chi connectivity index (χ0n) is 12.8. The predicted molar refractivity (Wildman–Crippen MR) is 83.3 cm³/mol. The van der Waals surface area contributed by atoms with Crippen LogP contribution in [0, 0.1) is 0 Å². The molecule has 1 aliphatic rings. The molecule has 118 valence electrons. The van der Waals surface area contributed by atoms with Gasteiger partial charge >= 0.3 is 0 Å². The van der Waals surface area contributed by atoms with Crippen molar-refractivity contribution in [3.63, 3.8) is 0 Å². The molecule has 2 unspecified atom stereocenters. The van der Waals surface area contributed by atoms with E-state index < -0.39 is 0 Å². The molecular formula is C15H23ClN2O3. The number of rotatable bonds is 5. The van der Waals surface area contributed by atoms with Crippen molar-refractivity contribution in [2.75, 3.05) is 40.5 Å². The molecule has 0 bridgehead atoms. The molecule has 0 radical (unpaired) electrons. The number of morpholine rings is 1. The van der Waals surface area contributed by atoms with Crippen LogP contribution < -0.4 is 15.2 Å². The van der Waals surface area contributed by atoms with Crippen LogP contribution in [0.2, 0.25) is 5.02 Å². The van der Waals surface area contributed by atoms with E-state index in [1.807, 2.05) is 12.1 Å². The van der Waals surface area contributed by atoms with Gasteiger partial charge in [-0.3, -0.25) is 4.90 Å². The molecule has 1 aromatic rings. The maximum absolute atomic E-state index is 6.50. The number of hydrogen-bond acceptors (Lipinski definition) is 5. The summed E-state index contributed by atoms with van der Waals surface area (Å²) in [6.07, 6.45) is 0.201. The van der Waals surface area contributed by atoms with Crippen LogP contribution in [0.4, 0.5) is 0 Å². The first kappa shape index (κ1) is 16.4. The molecule has 2 rings (SSSR count). The van der Waals surface area contributed by atoms with Gasteiger partial charge in [-0.1, -0.05) is 17.7 Å². The lowest BCUT2D eigenvalue weighted by Crippen LogP contribution is -2.45. The zero-order chi connectivity index (χ0) is 15.4. The third-order valence-electron chi connectivity index (χ3n) is 3.81. The van der Waals surface area contributed by atoms with Gasteiger partial charge in [0, 0.05) is 25.7 Å². The second-order valence-electron chi connectivity index (χ2n) is 5.13. The van der Waals surface area contributed by atoms with Crippen molar-refractivity contribution in [3.8, 4) is 11.5 Å². The number of hydrogen-bond donors (Lipinski definition) is 1. The van der Waals surface area contributed by atoms with Crippen molar-refractivity contribution >= 4 is 11.6 Å². The Kier molecular flexibility index (Phi) is 5.70. The lowest BCUT2D eigenvalue weighted by atomic mass is 10.0. The summed E-state index contributed by atoms with van der Waals surface area (Å²) in [5.41, 5.74) is 6.96. The van der Waals surface area contributed by atoms with Crippen LogP contribution in [0.3, 0.4) is 0 Å². The number of nitrogens with zero attached hydrogens (tertiary/aromatic N) is 1. The van der Waals surface area contributed by atoms with E-state index in [1.54, 1.807) is 14.2 Å². The van der Waals surface area contributed by atoms with E-state index in [1.165, 1.54) is 0 Å². The van der Waals surface area contributed by atoms with E-state index in [0.717, 1.165) is 18.7 Å². The first-order valence-electron chi connectivity index (χ1n) is 7.08. The van der Waals surface area contributed by atoms with Gasteiger partial charge in [0.2, 0.25) is 0 Å². The van der Waals surface area contributed by atoms with Gasteiger partial charge in [-0.25, -0.2) is 0 Å². The third-order valence-corrected chi connectivity index (χ3v) is 4.20. The first-order chi connectivity index (χ1) is 10.1. The molecule has 2 atom stereocenters. The van der Waals surface area contributed by atoms with Crippen LogP contribution in [0.1, 0.15) is 18.5 Å². The van der Waals surface area contributed by atoms with Gasteiger partial charge in [-0.15, -0.1) is 0 Å². The minimum Gasteiger partial charge on any atom is -0.493 e. The molecule has 6 heteroatoms. The predicted octanol–water partition coefficient (Wildman–Crippen LogP) is 2.08. The molecular weight excluding hydrogens is 292 g/mol. The monoisotopic (exact) mass is 314 g/mol. The van der Waals surface area contributed by atoms with Crippen LogP contribution >= 0.6 is 11.6 Å². The smallest absolute Gasteiger partial charge is 0.179 e. The molecule has 1 heterocycles. The van der Waals surface area contributed by atoms with Crippen LogP contribution in [-0.2, 0) is 4.74 Å². The third kappa shape index (κ3) is 3.43. The summed E-state index contributed by atoms with van der Waals surface area (Å²) in [5.74, 6) is 1.17. The first-order valence-corrected chi connectivity index (χ1v) is 7.46. The lowest BCUT2D eigenvalue weighted by Gasteiger charge is -2.37. The van der Waals surface area contributed by atoms with E-state index in [4.69, 9.17) is 31.5 Å². The zero-order valence-corrected chi connectivity index (χ0v) is 13.5. The minimum atomic E-state index is 0.0451. The van der Waals surface area contributed by atoms with Crippen LogP contribution in [-0.4, -0.2) is 51.5 Å². The summed E-state index contributed by atoms with van der Waals surface area (Å²) >= 11 is 6.50. The van der Waals surface area contributed by atoms with Gasteiger partial charge in [0.1, 0.15) is 0 Å². The molecule has 0 saturated carbocycles. The fourth-order valence-electron chi connectivity index (χ4n) is 2.76. The van der Waals surface area contributed by atoms with Crippen molar-refractivity contribution in [3.05, 3.63) is 22.7 Å². The molecule has 0 amide bonds. The second kappa shape index (κ2) is 7.31. The molecule has 1 fully saturated rings. The van der Waals surface area contributed by atoms with Crippen molar-refractivity contribution in [2.45, 2.75) is 19.1 Å². The van der Waals surface area contributed by atoms with Crippen LogP contribution in [0.5, 0.6) is 11.5 Å². The minimum absolute atomic E-state index is 0.0451. The quantitative estimate of drug-likeness (QED) is 0.901. The highest BCUT2D eigenvalue weighted by Gasteiger charge is 2.27. The van der Waals surface area contributed by atoms with Gasteiger partial charge in [0.05, 0.1) is 32.0 Å². The molecule has 21 heavy (non-hydrogen) atoms. The summed E-state index contributed by atoms with van der Waals surface area (Å²) in [6.45, 7) is 4.95.